The van der Waals surface area contributed by atoms with Gasteiger partial charge in [0.05, 0.1) is 22.8 Å². The highest BCUT2D eigenvalue weighted by atomic mass is 32.2. The number of aliphatic hydroxyl groups excluding tert-OH is 1. The Kier molecular flexibility index (Phi) is 14.3. The maximum atomic E-state index is 14.1. The number of hydrogen-bond acceptors (Lipinski definition) is 8. The molecule has 0 saturated heterocycles. The van der Waals surface area contributed by atoms with Gasteiger partial charge in [-0.2, -0.15) is 0 Å². The lowest BCUT2D eigenvalue weighted by Gasteiger charge is -2.30. The number of nitrogens with two attached hydrogens (primary N) is 1. The second-order valence-corrected chi connectivity index (χ2v) is 14.8. The molecule has 2 unspecified atom stereocenters. The molecular formula is C33H43F2N5O7S2. The van der Waals surface area contributed by atoms with E-state index < -0.39 is 60.5 Å². The van der Waals surface area contributed by atoms with Crippen molar-refractivity contribution in [3.63, 3.8) is 0 Å². The van der Waals surface area contributed by atoms with Gasteiger partial charge in [-0.15, -0.1) is 4.83 Å². The van der Waals surface area contributed by atoms with Gasteiger partial charge in [-0.3, -0.25) is 9.59 Å². The van der Waals surface area contributed by atoms with Gasteiger partial charge in [0.2, 0.25) is 20.0 Å². The van der Waals surface area contributed by atoms with Crippen molar-refractivity contribution in [2.45, 2.75) is 62.8 Å². The van der Waals surface area contributed by atoms with Gasteiger partial charge in [0, 0.05) is 43.4 Å². The maximum Gasteiger partial charge on any atom is 0.253 e. The first kappa shape index (κ1) is 39.6. The zero-order valence-corrected chi connectivity index (χ0v) is 29.2. The third kappa shape index (κ3) is 12.2. The summed E-state index contributed by atoms with van der Waals surface area (Å²) >= 11 is 0. The smallest absolute Gasteiger partial charge is 0.253 e. The largest absolute Gasteiger partial charge is 0.390 e. The number of hydrogen-bond donors (Lipinski definition) is 4. The van der Waals surface area contributed by atoms with Crippen molar-refractivity contribution in [3.8, 4) is 0 Å². The summed E-state index contributed by atoms with van der Waals surface area (Å²) in [6, 6.07) is 13.1. The minimum absolute atomic E-state index is 0.0680. The molecule has 49 heavy (non-hydrogen) atoms. The lowest BCUT2D eigenvalue weighted by atomic mass is 9.99. The van der Waals surface area contributed by atoms with Gasteiger partial charge in [-0.05, 0) is 60.7 Å². The predicted molar refractivity (Wildman–Crippen MR) is 181 cm³/mol. The highest BCUT2D eigenvalue weighted by Crippen LogP contribution is 2.19. The number of amides is 2. The van der Waals surface area contributed by atoms with Crippen molar-refractivity contribution in [2.75, 3.05) is 26.2 Å². The van der Waals surface area contributed by atoms with E-state index in [1.807, 2.05) is 13.8 Å². The van der Waals surface area contributed by atoms with Crippen molar-refractivity contribution >= 4 is 31.9 Å². The van der Waals surface area contributed by atoms with Crippen molar-refractivity contribution in [2.24, 2.45) is 5.14 Å². The molecule has 0 saturated carbocycles. The number of nitrogens with zero attached hydrogens (tertiary/aromatic N) is 2. The number of sulfonamides is 2. The first-order chi connectivity index (χ1) is 23.0. The summed E-state index contributed by atoms with van der Waals surface area (Å²) in [6.07, 6.45) is -0.574. The SMILES string of the molecule is CCCN(CCC)C(=O)c1cc(C(=O)NC(Cc2cc(F)cc(F)c2)C(O)CN(CC)NS(=O)(=O)Cc2ccccc2)cc(S(N)(=O)=O)c1. The fourth-order valence-corrected chi connectivity index (χ4v) is 7.05. The van der Waals surface area contributed by atoms with Crippen molar-refractivity contribution in [1.29, 1.82) is 0 Å². The van der Waals surface area contributed by atoms with Crippen LogP contribution in [-0.4, -0.2) is 82.0 Å². The Morgan fingerprint density at radius 2 is 1.45 bits per heavy atom. The summed E-state index contributed by atoms with van der Waals surface area (Å²) in [5.74, 6) is -3.59. The molecule has 0 spiro atoms. The van der Waals surface area contributed by atoms with E-state index >= 15 is 0 Å². The van der Waals surface area contributed by atoms with E-state index in [1.165, 1.54) is 16.0 Å². The number of halogens is 2. The van der Waals surface area contributed by atoms with Crippen molar-refractivity contribution in [1.82, 2.24) is 20.1 Å². The Bertz CT molecular complexity index is 1790. The molecule has 12 nitrogen and oxygen atoms in total. The monoisotopic (exact) mass is 723 g/mol. The van der Waals surface area contributed by atoms with Crippen LogP contribution in [0.15, 0.2) is 71.6 Å². The summed E-state index contributed by atoms with van der Waals surface area (Å²) in [4.78, 5) is 30.5. The molecular weight excluding hydrogens is 681 g/mol. The molecule has 3 aromatic carbocycles. The predicted octanol–water partition coefficient (Wildman–Crippen LogP) is 2.93. The molecule has 0 heterocycles. The van der Waals surface area contributed by atoms with E-state index in [1.54, 1.807) is 37.3 Å². The van der Waals surface area contributed by atoms with Crippen molar-refractivity contribution < 1.29 is 40.3 Å². The summed E-state index contributed by atoms with van der Waals surface area (Å²) < 4.78 is 78.8. The number of hydrazine groups is 1. The Morgan fingerprint density at radius 1 is 0.857 bits per heavy atom. The Labute approximate surface area is 286 Å². The van der Waals surface area contributed by atoms with E-state index in [4.69, 9.17) is 5.14 Å². The van der Waals surface area contributed by atoms with Gasteiger partial charge in [0.15, 0.2) is 0 Å². The summed E-state index contributed by atoms with van der Waals surface area (Å²) in [6.45, 7) is 5.87. The molecule has 3 aromatic rings. The second-order valence-electron chi connectivity index (χ2n) is 11.6. The molecule has 16 heteroatoms. The van der Waals surface area contributed by atoms with E-state index in [0.29, 0.717) is 37.6 Å². The van der Waals surface area contributed by atoms with Crippen LogP contribution in [0.1, 0.15) is 65.5 Å². The summed E-state index contributed by atoms with van der Waals surface area (Å²) in [5, 5.41) is 20.5. The number of nitrogens with one attached hydrogen (secondary N) is 2. The molecule has 2 amide bonds. The van der Waals surface area contributed by atoms with Crippen LogP contribution in [-0.2, 0) is 32.2 Å². The Morgan fingerprint density at radius 3 is 2.00 bits per heavy atom. The average Bonchev–Trinajstić information content (AvgIpc) is 3.02. The van der Waals surface area contributed by atoms with Gasteiger partial charge in [0.25, 0.3) is 11.8 Å². The number of carbonyl (C=O) groups is 2. The summed E-state index contributed by atoms with van der Waals surface area (Å²) in [5.41, 5.74) is 0.213. The number of benzene rings is 3. The van der Waals surface area contributed by atoms with Gasteiger partial charge in [-0.1, -0.05) is 51.1 Å². The highest BCUT2D eigenvalue weighted by Gasteiger charge is 2.28. The number of primary sulfonamides is 1. The Hall–Kier alpha value is -3.80. The second kappa shape index (κ2) is 17.7. The minimum atomic E-state index is -4.38. The van der Waals surface area contributed by atoms with Gasteiger partial charge >= 0.3 is 0 Å². The first-order valence-electron chi connectivity index (χ1n) is 15.7. The molecule has 5 N–H and O–H groups in total. The van der Waals surface area contributed by atoms with E-state index in [0.717, 1.165) is 24.3 Å². The fourth-order valence-electron chi connectivity index (χ4n) is 5.18. The lowest BCUT2D eigenvalue weighted by Crippen LogP contribution is -2.53. The molecule has 0 aliphatic rings. The van der Waals surface area contributed by atoms with E-state index in [-0.39, 0.29) is 42.0 Å². The zero-order chi connectivity index (χ0) is 36.4. The van der Waals surface area contributed by atoms with Crippen LogP contribution in [0.4, 0.5) is 8.78 Å². The minimum Gasteiger partial charge on any atom is -0.390 e. The van der Waals surface area contributed by atoms with Crippen LogP contribution >= 0.6 is 0 Å². The number of carbonyl (C=O) groups excluding carboxylic acids is 2. The normalized spacial score (nSPS) is 13.2. The van der Waals surface area contributed by atoms with Crippen LogP contribution in [0.25, 0.3) is 0 Å². The molecule has 268 valence electrons. The van der Waals surface area contributed by atoms with Crippen LogP contribution in [0.3, 0.4) is 0 Å². The summed E-state index contributed by atoms with van der Waals surface area (Å²) in [7, 11) is -8.31. The van der Waals surface area contributed by atoms with E-state index in [2.05, 4.69) is 10.1 Å². The average molecular weight is 724 g/mol. The van der Waals surface area contributed by atoms with Gasteiger partial charge in [0.1, 0.15) is 11.6 Å². The quantitative estimate of drug-likeness (QED) is 0.145. The number of aliphatic hydroxyl groups is 1. The van der Waals surface area contributed by atoms with Gasteiger partial charge in [-0.25, -0.2) is 35.8 Å². The standard InChI is InChI=1S/C33H43F2N5O7S2/c1-4-12-39(13-5-2)33(43)26-17-25(18-29(19-26)49(36,46)47)32(42)37-30(16-24-14-27(34)20-28(35)15-24)31(41)21-40(6-3)38-48(44,45)22-23-10-8-7-9-11-23/h7-11,14-15,17-20,30-31,38,41H,4-6,12-13,16,21-22H2,1-3H3,(H,37,42)(H2,36,46,47). The molecule has 0 radical (unpaired) electrons. The molecule has 3 rings (SSSR count). The molecule has 0 bridgehead atoms. The Balaban J connectivity index is 1.95. The number of likely N-dealkylation sites (N-methyl/N-ethyl adjacent to an activating group) is 1. The van der Waals surface area contributed by atoms with Crippen LogP contribution in [0.2, 0.25) is 0 Å². The molecule has 2 atom stereocenters. The van der Waals surface area contributed by atoms with Gasteiger partial charge < -0.3 is 15.3 Å². The molecule has 0 aromatic heterocycles. The lowest BCUT2D eigenvalue weighted by molar-refractivity contribution is 0.0634. The molecule has 0 fully saturated rings. The third-order valence-corrected chi connectivity index (χ3v) is 9.58. The third-order valence-electron chi connectivity index (χ3n) is 7.43. The van der Waals surface area contributed by atoms with Crippen LogP contribution < -0.4 is 15.3 Å². The van der Waals surface area contributed by atoms with Crippen LogP contribution in [0.5, 0.6) is 0 Å². The molecule has 0 aliphatic heterocycles. The fraction of sp³-hybridized carbons (Fsp3) is 0.394. The topological polar surface area (TPSA) is 179 Å². The van der Waals surface area contributed by atoms with Crippen LogP contribution in [0, 0.1) is 11.6 Å². The van der Waals surface area contributed by atoms with Crippen molar-refractivity contribution in [3.05, 3.63) is 101 Å². The first-order valence-corrected chi connectivity index (χ1v) is 18.9. The van der Waals surface area contributed by atoms with E-state index in [9.17, 15) is 40.3 Å². The number of rotatable bonds is 18. The maximum absolute atomic E-state index is 14.1. The molecule has 0 aliphatic carbocycles. The highest BCUT2D eigenvalue weighted by molar-refractivity contribution is 7.89. The zero-order valence-electron chi connectivity index (χ0n) is 27.6.